The number of hydrogen-bond acceptors (Lipinski definition) is 2. The first-order chi connectivity index (χ1) is 12.5. The van der Waals surface area contributed by atoms with Gasteiger partial charge in [-0.05, 0) is 28.8 Å². The Morgan fingerprint density at radius 1 is 0.769 bits per heavy atom. The van der Waals surface area contributed by atoms with Crippen LogP contribution in [0.4, 0.5) is 13.2 Å². The van der Waals surface area contributed by atoms with Crippen molar-refractivity contribution >= 4 is 0 Å². The molecule has 0 aliphatic carbocycles. The van der Waals surface area contributed by atoms with E-state index < -0.39 is 18.3 Å². The predicted octanol–water partition coefficient (Wildman–Crippen LogP) is 5.44. The minimum Gasteiger partial charge on any atom is -0.488 e. The molecule has 0 spiro atoms. The monoisotopic (exact) mass is 358 g/mol. The van der Waals surface area contributed by atoms with Crippen molar-refractivity contribution in [2.45, 2.75) is 19.4 Å². The SMILES string of the molecule is OCc1ccc(-c2ccccc2OCc2ccccc2)c(C(F)(F)F)c1. The van der Waals surface area contributed by atoms with E-state index in [-0.39, 0.29) is 17.7 Å². The molecule has 3 aromatic rings. The predicted molar refractivity (Wildman–Crippen MR) is 93.6 cm³/mol. The summed E-state index contributed by atoms with van der Waals surface area (Å²) in [5, 5.41) is 9.16. The van der Waals surface area contributed by atoms with Gasteiger partial charge in [-0.1, -0.05) is 60.7 Å². The van der Waals surface area contributed by atoms with Gasteiger partial charge >= 0.3 is 6.18 Å². The zero-order valence-electron chi connectivity index (χ0n) is 13.8. The highest BCUT2D eigenvalue weighted by molar-refractivity contribution is 5.74. The number of halogens is 3. The maximum absolute atomic E-state index is 13.5. The molecule has 0 aliphatic heterocycles. The third-order valence-electron chi connectivity index (χ3n) is 3.99. The van der Waals surface area contributed by atoms with E-state index >= 15 is 0 Å². The van der Waals surface area contributed by atoms with Crippen LogP contribution in [0.15, 0.2) is 72.8 Å². The summed E-state index contributed by atoms with van der Waals surface area (Å²) in [5.41, 5.74) is 0.733. The molecule has 0 amide bonds. The molecule has 0 aliphatic rings. The van der Waals surface area contributed by atoms with Gasteiger partial charge in [0.2, 0.25) is 0 Å². The number of aliphatic hydroxyl groups is 1. The number of hydrogen-bond donors (Lipinski definition) is 1. The van der Waals surface area contributed by atoms with Gasteiger partial charge in [-0.3, -0.25) is 0 Å². The second-order valence-electron chi connectivity index (χ2n) is 5.81. The summed E-state index contributed by atoms with van der Waals surface area (Å²) < 4.78 is 46.3. The number of aliphatic hydroxyl groups excluding tert-OH is 1. The van der Waals surface area contributed by atoms with Gasteiger partial charge in [0, 0.05) is 5.56 Å². The topological polar surface area (TPSA) is 29.5 Å². The Hall–Kier alpha value is -2.79. The van der Waals surface area contributed by atoms with E-state index in [4.69, 9.17) is 9.84 Å². The van der Waals surface area contributed by atoms with E-state index in [9.17, 15) is 13.2 Å². The Labute approximate surface area is 149 Å². The molecule has 0 saturated heterocycles. The zero-order chi connectivity index (χ0) is 18.6. The van der Waals surface area contributed by atoms with Gasteiger partial charge < -0.3 is 9.84 Å². The highest BCUT2D eigenvalue weighted by Gasteiger charge is 2.34. The Morgan fingerprint density at radius 2 is 1.46 bits per heavy atom. The highest BCUT2D eigenvalue weighted by atomic mass is 19.4. The fraction of sp³-hybridized carbons (Fsp3) is 0.143. The molecule has 26 heavy (non-hydrogen) atoms. The van der Waals surface area contributed by atoms with Gasteiger partial charge in [-0.15, -0.1) is 0 Å². The van der Waals surface area contributed by atoms with Crippen LogP contribution in [0.1, 0.15) is 16.7 Å². The molecule has 2 nitrogen and oxygen atoms in total. The summed E-state index contributed by atoms with van der Waals surface area (Å²) in [4.78, 5) is 0. The summed E-state index contributed by atoms with van der Waals surface area (Å²) in [7, 11) is 0. The molecule has 0 radical (unpaired) electrons. The summed E-state index contributed by atoms with van der Waals surface area (Å²) >= 11 is 0. The standard InChI is InChI=1S/C21H17F3O2/c22-21(23,24)19-12-16(13-25)10-11-17(19)18-8-4-5-9-20(18)26-14-15-6-2-1-3-7-15/h1-12,25H,13-14H2. The highest BCUT2D eigenvalue weighted by Crippen LogP contribution is 2.41. The molecule has 1 N–H and O–H groups in total. The maximum Gasteiger partial charge on any atom is 0.417 e. The van der Waals surface area contributed by atoms with Crippen molar-refractivity contribution in [3.05, 3.63) is 89.5 Å². The smallest absolute Gasteiger partial charge is 0.417 e. The van der Waals surface area contributed by atoms with Crippen molar-refractivity contribution in [3.8, 4) is 16.9 Å². The van der Waals surface area contributed by atoms with E-state index in [1.165, 1.54) is 12.1 Å². The number of ether oxygens (including phenoxy) is 1. The molecule has 3 aromatic carbocycles. The summed E-state index contributed by atoms with van der Waals surface area (Å²) in [6.45, 7) is -0.191. The van der Waals surface area contributed by atoms with Crippen LogP contribution in [0.3, 0.4) is 0 Å². The van der Waals surface area contributed by atoms with Gasteiger partial charge in [-0.2, -0.15) is 13.2 Å². The lowest BCUT2D eigenvalue weighted by Gasteiger charge is -2.17. The maximum atomic E-state index is 13.5. The van der Waals surface area contributed by atoms with Gasteiger partial charge in [0.25, 0.3) is 0 Å². The quantitative estimate of drug-likeness (QED) is 0.658. The lowest BCUT2D eigenvalue weighted by molar-refractivity contribution is -0.137. The number of alkyl halides is 3. The summed E-state index contributed by atoms with van der Waals surface area (Å²) in [6, 6.07) is 19.9. The Kier molecular flexibility index (Phi) is 5.28. The van der Waals surface area contributed by atoms with Crippen molar-refractivity contribution in [1.82, 2.24) is 0 Å². The average Bonchev–Trinajstić information content (AvgIpc) is 2.66. The van der Waals surface area contributed by atoms with E-state index in [0.717, 1.165) is 11.6 Å². The van der Waals surface area contributed by atoms with E-state index in [0.29, 0.717) is 11.3 Å². The molecule has 0 fully saturated rings. The Bertz CT molecular complexity index is 874. The Morgan fingerprint density at radius 3 is 2.15 bits per heavy atom. The molecular weight excluding hydrogens is 341 g/mol. The second-order valence-corrected chi connectivity index (χ2v) is 5.81. The van der Waals surface area contributed by atoms with Crippen LogP contribution in [-0.4, -0.2) is 5.11 Å². The largest absolute Gasteiger partial charge is 0.488 e. The van der Waals surface area contributed by atoms with Crippen molar-refractivity contribution in [2.24, 2.45) is 0 Å². The lowest BCUT2D eigenvalue weighted by atomic mass is 9.96. The van der Waals surface area contributed by atoms with Gasteiger partial charge in [-0.25, -0.2) is 0 Å². The first-order valence-electron chi connectivity index (χ1n) is 8.06. The first-order valence-corrected chi connectivity index (χ1v) is 8.06. The molecule has 134 valence electrons. The molecule has 0 heterocycles. The van der Waals surface area contributed by atoms with Crippen molar-refractivity contribution in [1.29, 1.82) is 0 Å². The molecule has 0 bridgehead atoms. The van der Waals surface area contributed by atoms with E-state index in [2.05, 4.69) is 0 Å². The summed E-state index contributed by atoms with van der Waals surface area (Å²) in [6.07, 6.45) is -4.53. The van der Waals surface area contributed by atoms with E-state index in [1.807, 2.05) is 30.3 Å². The van der Waals surface area contributed by atoms with Crippen molar-refractivity contribution in [2.75, 3.05) is 0 Å². The fourth-order valence-electron chi connectivity index (χ4n) is 2.71. The van der Waals surface area contributed by atoms with Crippen LogP contribution in [-0.2, 0) is 19.4 Å². The van der Waals surface area contributed by atoms with Gasteiger partial charge in [0.15, 0.2) is 0 Å². The lowest BCUT2D eigenvalue weighted by Crippen LogP contribution is -2.09. The van der Waals surface area contributed by atoms with Crippen LogP contribution in [0.5, 0.6) is 5.75 Å². The molecule has 5 heteroatoms. The van der Waals surface area contributed by atoms with Crippen molar-refractivity contribution in [3.63, 3.8) is 0 Å². The third-order valence-corrected chi connectivity index (χ3v) is 3.99. The van der Waals surface area contributed by atoms with Crippen molar-refractivity contribution < 1.29 is 23.0 Å². The van der Waals surface area contributed by atoms with Gasteiger partial charge in [0.1, 0.15) is 12.4 Å². The van der Waals surface area contributed by atoms with Gasteiger partial charge in [0.05, 0.1) is 12.2 Å². The van der Waals surface area contributed by atoms with Crippen LogP contribution in [0.2, 0.25) is 0 Å². The summed E-state index contributed by atoms with van der Waals surface area (Å²) in [5.74, 6) is 0.374. The zero-order valence-corrected chi connectivity index (χ0v) is 13.8. The third kappa shape index (κ3) is 4.06. The minimum absolute atomic E-state index is 0.0263. The van der Waals surface area contributed by atoms with Crippen LogP contribution in [0, 0.1) is 0 Å². The Balaban J connectivity index is 2.00. The molecule has 0 aromatic heterocycles. The van der Waals surface area contributed by atoms with Crippen LogP contribution in [0.25, 0.3) is 11.1 Å². The van der Waals surface area contributed by atoms with Crippen LogP contribution < -0.4 is 4.74 Å². The number of benzene rings is 3. The number of rotatable bonds is 5. The second kappa shape index (κ2) is 7.62. The normalized spacial score (nSPS) is 11.4. The molecule has 0 saturated carbocycles. The van der Waals surface area contributed by atoms with Crippen LogP contribution >= 0.6 is 0 Å². The van der Waals surface area contributed by atoms with E-state index in [1.54, 1.807) is 24.3 Å². The molecule has 3 rings (SSSR count). The first kappa shape index (κ1) is 18.0. The molecule has 0 unspecified atom stereocenters. The number of para-hydroxylation sites is 1. The molecular formula is C21H17F3O2. The minimum atomic E-state index is -4.53. The fourth-order valence-corrected chi connectivity index (χ4v) is 2.71. The molecule has 0 atom stereocenters. The average molecular weight is 358 g/mol.